The largest absolute Gasteiger partial charge is 0.386 e. The van der Waals surface area contributed by atoms with Gasteiger partial charge in [0, 0.05) is 17.1 Å². The van der Waals surface area contributed by atoms with Gasteiger partial charge < -0.3 is 10.0 Å². The number of hydrogen-bond acceptors (Lipinski definition) is 3. The quantitative estimate of drug-likeness (QED) is 0.936. The van der Waals surface area contributed by atoms with E-state index in [2.05, 4.69) is 36.1 Å². The summed E-state index contributed by atoms with van der Waals surface area (Å²) in [4.78, 5) is 6.72. The van der Waals surface area contributed by atoms with E-state index in [-0.39, 0.29) is 5.54 Å². The van der Waals surface area contributed by atoms with Gasteiger partial charge >= 0.3 is 0 Å². The van der Waals surface area contributed by atoms with Crippen LogP contribution in [0.5, 0.6) is 0 Å². The van der Waals surface area contributed by atoms with Crippen molar-refractivity contribution in [3.63, 3.8) is 0 Å². The molecule has 1 fully saturated rings. The lowest BCUT2D eigenvalue weighted by Gasteiger charge is -2.46. The van der Waals surface area contributed by atoms with Crippen LogP contribution < -0.4 is 0 Å². The van der Waals surface area contributed by atoms with Crippen molar-refractivity contribution in [2.75, 3.05) is 14.1 Å². The maximum Gasteiger partial charge on any atom is 0.0988 e. The Balaban J connectivity index is 1.99. The fraction of sp³-hybridized carbons (Fsp3) is 0.500. The first-order chi connectivity index (χ1) is 10.1. The number of pyridine rings is 1. The first kappa shape index (κ1) is 14.5. The Bertz CT molecular complexity index is 617. The van der Waals surface area contributed by atoms with Gasteiger partial charge in [0.2, 0.25) is 0 Å². The van der Waals surface area contributed by atoms with Crippen LogP contribution in [0.4, 0.5) is 0 Å². The van der Waals surface area contributed by atoms with Crippen molar-refractivity contribution in [1.82, 2.24) is 9.88 Å². The molecular formula is C18H24N2O. The number of aliphatic hydroxyl groups excluding tert-OH is 1. The zero-order valence-corrected chi connectivity index (χ0v) is 12.9. The Morgan fingerprint density at radius 3 is 2.57 bits per heavy atom. The standard InChI is InChI=1S/C18H24N2O/c1-20(2)18(10-6-3-7-11-18)17(21)15-12-14-8-4-5-9-16(14)19-13-15/h4-5,8-9,12-13,17,21H,3,6-7,10-11H2,1-2H3. The molecule has 1 heterocycles. The fourth-order valence-electron chi connectivity index (χ4n) is 3.68. The van der Waals surface area contributed by atoms with Gasteiger partial charge in [-0.2, -0.15) is 0 Å². The number of aliphatic hydroxyl groups is 1. The van der Waals surface area contributed by atoms with E-state index in [1.165, 1.54) is 19.3 Å². The van der Waals surface area contributed by atoms with Crippen molar-refractivity contribution in [2.24, 2.45) is 0 Å². The van der Waals surface area contributed by atoms with E-state index in [1.807, 2.05) is 24.4 Å². The molecule has 3 rings (SSSR count). The molecule has 0 bridgehead atoms. The summed E-state index contributed by atoms with van der Waals surface area (Å²) in [6.07, 6.45) is 7.12. The van der Waals surface area contributed by atoms with Gasteiger partial charge in [0.1, 0.15) is 0 Å². The fourth-order valence-corrected chi connectivity index (χ4v) is 3.68. The van der Waals surface area contributed by atoms with Gasteiger partial charge in [-0.15, -0.1) is 0 Å². The first-order valence-electron chi connectivity index (χ1n) is 7.84. The van der Waals surface area contributed by atoms with Crippen LogP contribution >= 0.6 is 0 Å². The zero-order chi connectivity index (χ0) is 14.9. The van der Waals surface area contributed by atoms with E-state index < -0.39 is 6.10 Å². The number of aromatic nitrogens is 1. The molecule has 1 unspecified atom stereocenters. The molecular weight excluding hydrogens is 260 g/mol. The van der Waals surface area contributed by atoms with Gasteiger partial charge in [-0.25, -0.2) is 0 Å². The van der Waals surface area contributed by atoms with E-state index >= 15 is 0 Å². The Hall–Kier alpha value is -1.45. The van der Waals surface area contributed by atoms with Crippen LogP contribution in [0.25, 0.3) is 10.9 Å². The lowest BCUT2D eigenvalue weighted by molar-refractivity contribution is -0.0336. The minimum absolute atomic E-state index is 0.150. The molecule has 0 radical (unpaired) electrons. The number of likely N-dealkylation sites (N-methyl/N-ethyl adjacent to an activating group) is 1. The number of hydrogen-bond donors (Lipinski definition) is 1. The number of fused-ring (bicyclic) bond motifs is 1. The van der Waals surface area contributed by atoms with Gasteiger partial charge in [-0.05, 0) is 39.1 Å². The van der Waals surface area contributed by atoms with Crippen molar-refractivity contribution >= 4 is 10.9 Å². The van der Waals surface area contributed by atoms with Gasteiger partial charge in [-0.1, -0.05) is 37.5 Å². The summed E-state index contributed by atoms with van der Waals surface area (Å²) in [5, 5.41) is 12.1. The second-order valence-electron chi connectivity index (χ2n) is 6.42. The molecule has 3 heteroatoms. The highest BCUT2D eigenvalue weighted by molar-refractivity contribution is 5.78. The van der Waals surface area contributed by atoms with Crippen LogP contribution in [0.2, 0.25) is 0 Å². The third kappa shape index (κ3) is 2.56. The molecule has 0 aliphatic heterocycles. The minimum Gasteiger partial charge on any atom is -0.386 e. The predicted octanol–water partition coefficient (Wildman–Crippen LogP) is 3.53. The van der Waals surface area contributed by atoms with E-state index in [4.69, 9.17) is 0 Å². The lowest BCUT2D eigenvalue weighted by atomic mass is 9.74. The van der Waals surface area contributed by atoms with E-state index in [0.717, 1.165) is 29.3 Å². The molecule has 2 aromatic rings. The van der Waals surface area contributed by atoms with Crippen LogP contribution in [-0.4, -0.2) is 34.6 Å². The molecule has 1 atom stereocenters. The Kier molecular flexibility index (Phi) is 3.96. The van der Waals surface area contributed by atoms with Crippen LogP contribution in [-0.2, 0) is 0 Å². The smallest absolute Gasteiger partial charge is 0.0988 e. The van der Waals surface area contributed by atoms with Crippen molar-refractivity contribution in [1.29, 1.82) is 0 Å². The van der Waals surface area contributed by atoms with Crippen molar-refractivity contribution in [3.8, 4) is 0 Å². The van der Waals surface area contributed by atoms with E-state index in [0.29, 0.717) is 0 Å². The molecule has 0 amide bonds. The normalized spacial score (nSPS) is 19.8. The molecule has 1 N–H and O–H groups in total. The predicted molar refractivity (Wildman–Crippen MR) is 86.2 cm³/mol. The van der Waals surface area contributed by atoms with Crippen LogP contribution in [0, 0.1) is 0 Å². The molecule has 1 aliphatic carbocycles. The number of nitrogens with zero attached hydrogens (tertiary/aromatic N) is 2. The lowest BCUT2D eigenvalue weighted by Crippen LogP contribution is -2.50. The summed E-state index contributed by atoms with van der Waals surface area (Å²) < 4.78 is 0. The highest BCUT2D eigenvalue weighted by atomic mass is 16.3. The van der Waals surface area contributed by atoms with Crippen LogP contribution in [0.3, 0.4) is 0 Å². The van der Waals surface area contributed by atoms with Crippen molar-refractivity contribution < 1.29 is 5.11 Å². The molecule has 1 aromatic carbocycles. The molecule has 21 heavy (non-hydrogen) atoms. The highest BCUT2D eigenvalue weighted by Gasteiger charge is 2.41. The molecule has 1 aromatic heterocycles. The molecule has 1 saturated carbocycles. The third-order valence-electron chi connectivity index (χ3n) is 5.05. The molecule has 3 nitrogen and oxygen atoms in total. The average Bonchev–Trinajstić information content (AvgIpc) is 2.54. The molecule has 0 spiro atoms. The zero-order valence-electron chi connectivity index (χ0n) is 12.9. The summed E-state index contributed by atoms with van der Waals surface area (Å²) in [7, 11) is 4.17. The minimum atomic E-state index is -0.482. The third-order valence-corrected chi connectivity index (χ3v) is 5.05. The monoisotopic (exact) mass is 284 g/mol. The summed E-state index contributed by atoms with van der Waals surface area (Å²) in [6.45, 7) is 0. The summed E-state index contributed by atoms with van der Waals surface area (Å²) in [6, 6.07) is 10.2. The van der Waals surface area contributed by atoms with Gasteiger partial charge in [0.25, 0.3) is 0 Å². The number of para-hydroxylation sites is 1. The van der Waals surface area contributed by atoms with Gasteiger partial charge in [-0.3, -0.25) is 4.98 Å². The SMILES string of the molecule is CN(C)C1(C(O)c2cnc3ccccc3c2)CCCCC1. The highest BCUT2D eigenvalue weighted by Crippen LogP contribution is 2.42. The average molecular weight is 284 g/mol. The second kappa shape index (κ2) is 5.74. The van der Waals surface area contributed by atoms with Crippen LogP contribution in [0.15, 0.2) is 36.5 Å². The van der Waals surface area contributed by atoms with E-state index in [1.54, 1.807) is 0 Å². The first-order valence-corrected chi connectivity index (χ1v) is 7.84. The summed E-state index contributed by atoms with van der Waals surface area (Å²) >= 11 is 0. The Morgan fingerprint density at radius 1 is 1.14 bits per heavy atom. The second-order valence-corrected chi connectivity index (χ2v) is 6.42. The number of benzene rings is 1. The Labute approximate surface area is 126 Å². The molecule has 0 saturated heterocycles. The summed E-state index contributed by atoms with van der Waals surface area (Å²) in [5.74, 6) is 0. The number of rotatable bonds is 3. The summed E-state index contributed by atoms with van der Waals surface area (Å²) in [5.41, 5.74) is 1.77. The maximum absolute atomic E-state index is 11.0. The van der Waals surface area contributed by atoms with Crippen molar-refractivity contribution in [2.45, 2.75) is 43.7 Å². The Morgan fingerprint density at radius 2 is 1.86 bits per heavy atom. The van der Waals surface area contributed by atoms with Crippen LogP contribution in [0.1, 0.15) is 43.8 Å². The maximum atomic E-state index is 11.0. The van der Waals surface area contributed by atoms with E-state index in [9.17, 15) is 5.11 Å². The molecule has 1 aliphatic rings. The van der Waals surface area contributed by atoms with Gasteiger partial charge in [0.05, 0.1) is 17.2 Å². The molecule has 112 valence electrons. The topological polar surface area (TPSA) is 36.4 Å². The van der Waals surface area contributed by atoms with Gasteiger partial charge in [0.15, 0.2) is 0 Å². The van der Waals surface area contributed by atoms with Crippen molar-refractivity contribution in [3.05, 3.63) is 42.1 Å².